The number of hydrogen-bond acceptors (Lipinski definition) is 2. The monoisotopic (exact) mass is 217 g/mol. The summed E-state index contributed by atoms with van der Waals surface area (Å²) < 4.78 is 0. The van der Waals surface area contributed by atoms with E-state index in [9.17, 15) is 0 Å². The van der Waals surface area contributed by atoms with Gasteiger partial charge in [-0.3, -0.25) is 4.99 Å². The quantitative estimate of drug-likeness (QED) is 0.398. The van der Waals surface area contributed by atoms with E-state index in [2.05, 4.69) is 39.7 Å². The van der Waals surface area contributed by atoms with E-state index >= 15 is 0 Å². The van der Waals surface area contributed by atoms with Gasteiger partial charge in [-0.1, -0.05) is 33.5 Å². The average molecular weight is 217 g/mol. The minimum absolute atomic E-state index is 0.645. The summed E-state index contributed by atoms with van der Waals surface area (Å²) in [6.07, 6.45) is 4.41. The predicted octanol–water partition coefficient (Wildman–Crippen LogP) is 3.67. The van der Waals surface area contributed by atoms with Gasteiger partial charge < -0.3 is 0 Å². The molecule has 0 saturated heterocycles. The van der Waals surface area contributed by atoms with Crippen molar-refractivity contribution >= 4 is 24.9 Å². The molecule has 0 spiro atoms. The lowest BCUT2D eigenvalue weighted by Gasteiger charge is -2.15. The Balaban J connectivity index is 4.23. The summed E-state index contributed by atoms with van der Waals surface area (Å²) in [5, 5.41) is 1.34. The van der Waals surface area contributed by atoms with Crippen LogP contribution >= 0.6 is 11.8 Å². The Labute approximate surface area is 88.4 Å². The molecule has 0 saturated carbocycles. The van der Waals surface area contributed by atoms with Crippen molar-refractivity contribution in [3.8, 4) is 0 Å². The average Bonchev–Trinajstić information content (AvgIpc) is 2.03. The van der Waals surface area contributed by atoms with Crippen molar-refractivity contribution in [2.75, 3.05) is 12.4 Å². The molecule has 78 valence electrons. The Morgan fingerprint density at radius 3 is 2.23 bits per heavy atom. The third-order valence-corrected chi connectivity index (χ3v) is 4.01. The minimum atomic E-state index is -0.996. The van der Waals surface area contributed by atoms with E-state index in [4.69, 9.17) is 4.99 Å². The molecule has 0 rings (SSSR count). The summed E-state index contributed by atoms with van der Waals surface area (Å²) in [6, 6.07) is 0. The van der Waals surface area contributed by atoms with Gasteiger partial charge in [0.05, 0.1) is 13.1 Å². The molecule has 0 fully saturated rings. The van der Waals surface area contributed by atoms with E-state index in [1.54, 1.807) is 0 Å². The van der Waals surface area contributed by atoms with Crippen LogP contribution in [0.25, 0.3) is 0 Å². The van der Waals surface area contributed by atoms with Gasteiger partial charge in [0, 0.05) is 12.1 Å². The second kappa shape index (κ2) is 5.86. The molecular weight excluding hydrogens is 194 g/mol. The smallest absolute Gasteiger partial charge is 0.0697 e. The topological polar surface area (TPSA) is 12.4 Å². The number of hydrogen-bond donors (Lipinski definition) is 0. The highest BCUT2D eigenvalue weighted by Crippen LogP contribution is 2.14. The maximum Gasteiger partial charge on any atom is 0.0697 e. The molecule has 1 nitrogen and oxygen atoms in total. The van der Waals surface area contributed by atoms with E-state index in [0.717, 1.165) is 6.17 Å². The van der Waals surface area contributed by atoms with E-state index in [1.807, 2.05) is 11.8 Å². The van der Waals surface area contributed by atoms with Crippen molar-refractivity contribution in [1.82, 2.24) is 0 Å². The summed E-state index contributed by atoms with van der Waals surface area (Å²) in [7, 11) is -0.996. The van der Waals surface area contributed by atoms with Gasteiger partial charge in [0.2, 0.25) is 0 Å². The summed E-state index contributed by atoms with van der Waals surface area (Å²) in [4.78, 5) is 4.73. The van der Waals surface area contributed by atoms with Crippen LogP contribution in [0.5, 0.6) is 0 Å². The molecule has 0 aliphatic heterocycles. The standard InChI is InChI=1S/C10H23NSSi/c1-7-9(2)10(12-3)11-8-13(4,5)6/h9H,7-8H2,1-6H3. The van der Waals surface area contributed by atoms with Gasteiger partial charge in [0.25, 0.3) is 0 Å². The highest BCUT2D eigenvalue weighted by Gasteiger charge is 2.13. The molecule has 0 amide bonds. The molecule has 0 heterocycles. The van der Waals surface area contributed by atoms with Gasteiger partial charge in [-0.15, -0.1) is 11.8 Å². The molecule has 3 heteroatoms. The normalized spacial score (nSPS) is 16.0. The van der Waals surface area contributed by atoms with Crippen molar-refractivity contribution in [3.05, 3.63) is 0 Å². The van der Waals surface area contributed by atoms with Crippen molar-refractivity contribution in [2.45, 2.75) is 39.9 Å². The van der Waals surface area contributed by atoms with Gasteiger partial charge in [-0.2, -0.15) is 0 Å². The van der Waals surface area contributed by atoms with Crippen LogP contribution in [-0.2, 0) is 0 Å². The zero-order valence-corrected chi connectivity index (χ0v) is 11.7. The first kappa shape index (κ1) is 13.2. The van der Waals surface area contributed by atoms with E-state index < -0.39 is 8.07 Å². The Morgan fingerprint density at radius 1 is 1.38 bits per heavy atom. The Hall–Kier alpha value is 0.237. The first-order valence-electron chi connectivity index (χ1n) is 4.99. The van der Waals surface area contributed by atoms with Gasteiger partial charge in [0.15, 0.2) is 0 Å². The molecule has 0 aliphatic rings. The Kier molecular flexibility index (Phi) is 5.97. The number of aliphatic imine (C=N–C) groups is 1. The number of nitrogens with zero attached hydrogens (tertiary/aromatic N) is 1. The molecule has 0 aliphatic carbocycles. The fourth-order valence-electron chi connectivity index (χ4n) is 0.911. The summed E-state index contributed by atoms with van der Waals surface area (Å²) >= 11 is 1.82. The Bertz CT molecular complexity index is 172. The van der Waals surface area contributed by atoms with Crippen LogP contribution in [0.3, 0.4) is 0 Å². The first-order valence-corrected chi connectivity index (χ1v) is 9.92. The molecule has 0 bridgehead atoms. The van der Waals surface area contributed by atoms with Crippen LogP contribution < -0.4 is 0 Å². The maximum atomic E-state index is 4.73. The third kappa shape index (κ3) is 6.33. The molecular formula is C10H23NSSi. The fourth-order valence-corrected chi connectivity index (χ4v) is 2.43. The van der Waals surface area contributed by atoms with Crippen LogP contribution in [0.2, 0.25) is 19.6 Å². The molecule has 0 aromatic heterocycles. The fraction of sp³-hybridized carbons (Fsp3) is 0.900. The van der Waals surface area contributed by atoms with E-state index in [-0.39, 0.29) is 0 Å². The lowest BCUT2D eigenvalue weighted by Crippen LogP contribution is -2.26. The zero-order chi connectivity index (χ0) is 10.5. The van der Waals surface area contributed by atoms with Crippen LogP contribution in [0.4, 0.5) is 0 Å². The SMILES string of the molecule is CCC(C)C(=NC[Si](C)(C)C)SC. The van der Waals surface area contributed by atoms with Crippen LogP contribution in [0.15, 0.2) is 4.99 Å². The lowest BCUT2D eigenvalue weighted by molar-refractivity contribution is 0.748. The molecule has 0 radical (unpaired) electrons. The number of rotatable bonds is 4. The minimum Gasteiger partial charge on any atom is -0.286 e. The molecule has 0 N–H and O–H groups in total. The summed E-state index contributed by atoms with van der Waals surface area (Å²) in [5.41, 5.74) is 0. The Morgan fingerprint density at radius 2 is 1.92 bits per heavy atom. The zero-order valence-electron chi connectivity index (χ0n) is 9.85. The number of thioether (sulfide) groups is 1. The van der Waals surface area contributed by atoms with Crippen LogP contribution in [0.1, 0.15) is 20.3 Å². The largest absolute Gasteiger partial charge is 0.286 e. The molecule has 0 aromatic rings. The van der Waals surface area contributed by atoms with Gasteiger partial charge >= 0.3 is 0 Å². The van der Waals surface area contributed by atoms with Gasteiger partial charge in [-0.25, -0.2) is 0 Å². The van der Waals surface area contributed by atoms with E-state index in [0.29, 0.717) is 5.92 Å². The third-order valence-electron chi connectivity index (χ3n) is 1.95. The first-order chi connectivity index (χ1) is 5.90. The van der Waals surface area contributed by atoms with Crippen molar-refractivity contribution in [2.24, 2.45) is 10.9 Å². The summed E-state index contributed by atoms with van der Waals surface area (Å²) in [5.74, 6) is 0.645. The highest BCUT2D eigenvalue weighted by atomic mass is 32.2. The van der Waals surface area contributed by atoms with E-state index in [1.165, 1.54) is 11.5 Å². The molecule has 13 heavy (non-hydrogen) atoms. The molecule has 0 aromatic carbocycles. The highest BCUT2D eigenvalue weighted by molar-refractivity contribution is 8.13. The second-order valence-corrected chi connectivity index (χ2v) is 11.0. The van der Waals surface area contributed by atoms with Crippen molar-refractivity contribution < 1.29 is 0 Å². The predicted molar refractivity (Wildman–Crippen MR) is 68.6 cm³/mol. The van der Waals surface area contributed by atoms with Crippen molar-refractivity contribution in [1.29, 1.82) is 0 Å². The lowest BCUT2D eigenvalue weighted by atomic mass is 10.1. The molecule has 1 atom stereocenters. The maximum absolute atomic E-state index is 4.73. The second-order valence-electron chi connectivity index (χ2n) is 4.73. The van der Waals surface area contributed by atoms with Gasteiger partial charge in [0.1, 0.15) is 0 Å². The van der Waals surface area contributed by atoms with Gasteiger partial charge in [-0.05, 0) is 12.7 Å². The van der Waals surface area contributed by atoms with Crippen LogP contribution in [-0.4, -0.2) is 25.5 Å². The molecule has 1 unspecified atom stereocenters. The van der Waals surface area contributed by atoms with Crippen LogP contribution in [0, 0.1) is 5.92 Å². The summed E-state index contributed by atoms with van der Waals surface area (Å²) in [6.45, 7) is 11.6. The van der Waals surface area contributed by atoms with Crippen molar-refractivity contribution in [3.63, 3.8) is 0 Å².